The van der Waals surface area contributed by atoms with Crippen molar-refractivity contribution in [1.29, 1.82) is 0 Å². The van der Waals surface area contributed by atoms with Gasteiger partial charge in [-0.1, -0.05) is 0 Å². The Morgan fingerprint density at radius 2 is 2.00 bits per heavy atom. The van der Waals surface area contributed by atoms with Crippen LogP contribution in [0.15, 0.2) is 12.1 Å². The third-order valence-electron chi connectivity index (χ3n) is 3.07. The van der Waals surface area contributed by atoms with Gasteiger partial charge in [0.05, 0.1) is 16.3 Å². The average Bonchev–Trinajstić information content (AvgIpc) is 2.40. The van der Waals surface area contributed by atoms with Gasteiger partial charge in [0.1, 0.15) is 6.04 Å². The van der Waals surface area contributed by atoms with E-state index in [2.05, 4.69) is 10.6 Å². The molecule has 0 saturated carbocycles. The first-order valence-corrected chi connectivity index (χ1v) is 5.98. The first kappa shape index (κ1) is 15.0. The van der Waals surface area contributed by atoms with E-state index in [1.54, 1.807) is 0 Å². The van der Waals surface area contributed by atoms with Crippen LogP contribution in [-0.4, -0.2) is 44.7 Å². The number of aliphatic carboxylic acids is 1. The van der Waals surface area contributed by atoms with Gasteiger partial charge in [0.2, 0.25) is 0 Å². The highest BCUT2D eigenvalue weighted by Gasteiger charge is 2.29. The smallest absolute Gasteiger partial charge is 0.320 e. The Morgan fingerprint density at radius 1 is 1.38 bits per heavy atom. The van der Waals surface area contributed by atoms with Crippen LogP contribution in [-0.2, 0) is 11.2 Å². The molecule has 0 saturated heterocycles. The molecule has 0 bridgehead atoms. The molecule has 0 radical (unpaired) electrons. The van der Waals surface area contributed by atoms with Gasteiger partial charge in [-0.25, -0.2) is 0 Å². The van der Waals surface area contributed by atoms with Crippen LogP contribution in [0.5, 0.6) is 0 Å². The van der Waals surface area contributed by atoms with Gasteiger partial charge in [-0.05, 0) is 5.56 Å². The monoisotopic (exact) mass is 298 g/mol. The molecular formula is C11H14N4O6. The molecule has 0 spiro atoms. The second-order valence-electron chi connectivity index (χ2n) is 4.61. The number of carbonyl (C=O) groups is 1. The number of fused-ring (bicyclic) bond motifs is 1. The van der Waals surface area contributed by atoms with E-state index in [1.165, 1.54) is 12.1 Å². The maximum Gasteiger partial charge on any atom is 0.320 e. The summed E-state index contributed by atoms with van der Waals surface area (Å²) < 4.78 is 0. The zero-order valence-corrected chi connectivity index (χ0v) is 10.7. The lowest BCUT2D eigenvalue weighted by atomic mass is 10.0. The fraction of sp³-hybridized carbons (Fsp3) is 0.364. The molecule has 7 N–H and O–H groups in total. The Labute approximate surface area is 118 Å². The number of nitrogens with zero attached hydrogens (tertiary/aromatic N) is 1. The van der Waals surface area contributed by atoms with Crippen molar-refractivity contribution >= 4 is 23.0 Å². The van der Waals surface area contributed by atoms with Gasteiger partial charge >= 0.3 is 5.97 Å². The summed E-state index contributed by atoms with van der Waals surface area (Å²) in [6.45, 7) is 0. The van der Waals surface area contributed by atoms with Crippen molar-refractivity contribution in [3.05, 3.63) is 27.8 Å². The standard InChI is InChI=1S/C11H14N4O6/c12-6(11(18)19)2-4-1-5(15(20)21)3-7-8(4)14-10(17)9(16)13-7/h1,3,6,9-10,13-14,16-17H,2,12H2,(H,18,19). The van der Waals surface area contributed by atoms with Gasteiger partial charge in [-0.2, -0.15) is 0 Å². The van der Waals surface area contributed by atoms with E-state index in [9.17, 15) is 25.1 Å². The molecule has 10 nitrogen and oxygen atoms in total. The van der Waals surface area contributed by atoms with Crippen molar-refractivity contribution in [2.75, 3.05) is 10.6 Å². The summed E-state index contributed by atoms with van der Waals surface area (Å²) in [7, 11) is 0. The number of rotatable bonds is 4. The van der Waals surface area contributed by atoms with Crippen molar-refractivity contribution in [2.24, 2.45) is 5.73 Å². The number of carboxylic acid groups (broad SMARTS) is 1. The summed E-state index contributed by atoms with van der Waals surface area (Å²) >= 11 is 0. The molecule has 0 amide bonds. The number of anilines is 2. The minimum absolute atomic E-state index is 0.170. The molecule has 3 unspecified atom stereocenters. The number of carboxylic acids is 1. The van der Waals surface area contributed by atoms with E-state index < -0.39 is 29.4 Å². The summed E-state index contributed by atoms with van der Waals surface area (Å²) in [4.78, 5) is 21.1. The minimum Gasteiger partial charge on any atom is -0.480 e. The fourth-order valence-electron chi connectivity index (χ4n) is 2.03. The quantitative estimate of drug-likeness (QED) is 0.302. The summed E-state index contributed by atoms with van der Waals surface area (Å²) in [6.07, 6.45) is -2.85. The van der Waals surface area contributed by atoms with E-state index in [0.29, 0.717) is 0 Å². The molecular weight excluding hydrogens is 284 g/mol. The number of benzene rings is 1. The van der Waals surface area contributed by atoms with Crippen LogP contribution in [0, 0.1) is 10.1 Å². The zero-order valence-electron chi connectivity index (χ0n) is 10.7. The number of nitro benzene ring substituents is 1. The summed E-state index contributed by atoms with van der Waals surface area (Å²) in [5.74, 6) is -1.25. The van der Waals surface area contributed by atoms with Crippen molar-refractivity contribution in [1.82, 2.24) is 0 Å². The number of nitro groups is 1. The largest absolute Gasteiger partial charge is 0.480 e. The molecule has 0 aromatic heterocycles. The van der Waals surface area contributed by atoms with Crippen LogP contribution < -0.4 is 16.4 Å². The highest BCUT2D eigenvalue weighted by atomic mass is 16.6. The second-order valence-corrected chi connectivity index (χ2v) is 4.61. The van der Waals surface area contributed by atoms with Crippen molar-refractivity contribution in [2.45, 2.75) is 24.9 Å². The van der Waals surface area contributed by atoms with Crippen LogP contribution in [0.25, 0.3) is 0 Å². The number of non-ortho nitro benzene ring substituents is 1. The van der Waals surface area contributed by atoms with Gasteiger partial charge < -0.3 is 31.7 Å². The number of nitrogens with one attached hydrogen (secondary N) is 2. The van der Waals surface area contributed by atoms with Gasteiger partial charge in [0.25, 0.3) is 5.69 Å². The lowest BCUT2D eigenvalue weighted by Crippen LogP contribution is -2.43. The topological polar surface area (TPSA) is 171 Å². The maximum absolute atomic E-state index is 10.9. The Bertz CT molecular complexity index is 592. The molecule has 0 aliphatic carbocycles. The second kappa shape index (κ2) is 5.52. The lowest BCUT2D eigenvalue weighted by molar-refractivity contribution is -0.384. The molecule has 2 rings (SSSR count). The predicted octanol–water partition coefficient (Wildman–Crippen LogP) is -0.977. The van der Waals surface area contributed by atoms with Gasteiger partial charge in [-0.3, -0.25) is 14.9 Å². The maximum atomic E-state index is 10.9. The van der Waals surface area contributed by atoms with Gasteiger partial charge in [0.15, 0.2) is 12.5 Å². The summed E-state index contributed by atoms with van der Waals surface area (Å²) in [5.41, 5.74) is 5.88. The van der Waals surface area contributed by atoms with Crippen molar-refractivity contribution in [3.8, 4) is 0 Å². The molecule has 21 heavy (non-hydrogen) atoms. The highest BCUT2D eigenvalue weighted by Crippen LogP contribution is 2.35. The van der Waals surface area contributed by atoms with Crippen LogP contribution in [0.1, 0.15) is 5.56 Å². The van der Waals surface area contributed by atoms with E-state index in [1.807, 2.05) is 0 Å². The predicted molar refractivity (Wildman–Crippen MR) is 71.7 cm³/mol. The van der Waals surface area contributed by atoms with Gasteiger partial charge in [0, 0.05) is 18.6 Å². The van der Waals surface area contributed by atoms with Crippen LogP contribution in [0.3, 0.4) is 0 Å². The van der Waals surface area contributed by atoms with E-state index in [-0.39, 0.29) is 29.0 Å². The molecule has 10 heteroatoms. The van der Waals surface area contributed by atoms with Crippen LogP contribution >= 0.6 is 0 Å². The molecule has 1 aromatic rings. The van der Waals surface area contributed by atoms with E-state index >= 15 is 0 Å². The lowest BCUT2D eigenvalue weighted by Gasteiger charge is -2.31. The highest BCUT2D eigenvalue weighted by molar-refractivity contribution is 5.80. The average molecular weight is 298 g/mol. The van der Waals surface area contributed by atoms with Crippen molar-refractivity contribution < 1.29 is 25.0 Å². The normalized spacial score (nSPS) is 21.7. The number of hydrogen-bond donors (Lipinski definition) is 6. The zero-order chi connectivity index (χ0) is 15.7. The van der Waals surface area contributed by atoms with Crippen LogP contribution in [0.4, 0.5) is 17.1 Å². The van der Waals surface area contributed by atoms with Gasteiger partial charge in [-0.15, -0.1) is 0 Å². The minimum atomic E-state index is -1.35. The van der Waals surface area contributed by atoms with Crippen molar-refractivity contribution in [3.63, 3.8) is 0 Å². The molecule has 3 atom stereocenters. The Balaban J connectivity index is 2.46. The number of hydrogen-bond acceptors (Lipinski definition) is 8. The number of aliphatic hydroxyl groups excluding tert-OH is 2. The SMILES string of the molecule is NC(Cc1cc([N+](=O)[O-])cc2c1NC(O)C(O)N2)C(=O)O. The van der Waals surface area contributed by atoms with Crippen LogP contribution in [0.2, 0.25) is 0 Å². The molecule has 1 aromatic carbocycles. The molecule has 1 aliphatic rings. The van der Waals surface area contributed by atoms with E-state index in [4.69, 9.17) is 10.8 Å². The molecule has 1 heterocycles. The molecule has 0 fully saturated rings. The first-order chi connectivity index (χ1) is 9.79. The van der Waals surface area contributed by atoms with E-state index in [0.717, 1.165) is 0 Å². The summed E-state index contributed by atoms with van der Waals surface area (Å²) in [5, 5.41) is 43.9. The number of aliphatic hydroxyl groups is 2. The fourth-order valence-corrected chi connectivity index (χ4v) is 2.03. The summed E-state index contributed by atoms with van der Waals surface area (Å²) in [6, 6.07) is 1.11. The third kappa shape index (κ3) is 3.02. The third-order valence-corrected chi connectivity index (χ3v) is 3.07. The molecule has 114 valence electrons. The Morgan fingerprint density at radius 3 is 2.57 bits per heavy atom. The first-order valence-electron chi connectivity index (χ1n) is 5.98. The molecule has 1 aliphatic heterocycles. The number of nitrogens with two attached hydrogens (primary N) is 1. The Kier molecular flexibility index (Phi) is 3.93. The Hall–Kier alpha value is -2.43.